The van der Waals surface area contributed by atoms with Gasteiger partial charge in [0.1, 0.15) is 30.1 Å². The molecule has 32 heavy (non-hydrogen) atoms. The highest BCUT2D eigenvalue weighted by Crippen LogP contribution is 2.41. The van der Waals surface area contributed by atoms with E-state index >= 15 is 0 Å². The van der Waals surface area contributed by atoms with Gasteiger partial charge in [-0.05, 0) is 51.8 Å². The van der Waals surface area contributed by atoms with Crippen LogP contribution >= 0.6 is 7.14 Å². The number of aryl methyl sites for hydroxylation is 1. The summed E-state index contributed by atoms with van der Waals surface area (Å²) in [6.45, 7) is 7.46. The van der Waals surface area contributed by atoms with Gasteiger partial charge in [-0.1, -0.05) is 18.2 Å². The number of nitrogens with one attached hydrogen (secondary N) is 1. The summed E-state index contributed by atoms with van der Waals surface area (Å²) >= 11 is 0. The van der Waals surface area contributed by atoms with Gasteiger partial charge < -0.3 is 19.7 Å². The van der Waals surface area contributed by atoms with Crippen LogP contribution in [0.1, 0.15) is 30.8 Å². The summed E-state index contributed by atoms with van der Waals surface area (Å²) < 4.78 is 47.3. The Labute approximate surface area is 186 Å². The summed E-state index contributed by atoms with van der Waals surface area (Å²) in [6.07, 6.45) is 0. The maximum absolute atomic E-state index is 14.6. The van der Waals surface area contributed by atoms with Crippen molar-refractivity contribution in [1.29, 1.82) is 0 Å². The fourth-order valence-electron chi connectivity index (χ4n) is 3.40. The van der Waals surface area contributed by atoms with Crippen LogP contribution in [-0.2, 0) is 17.0 Å². The fourth-order valence-corrected chi connectivity index (χ4v) is 4.52. The summed E-state index contributed by atoms with van der Waals surface area (Å²) in [7, 11) is -1.12. The van der Waals surface area contributed by atoms with Crippen LogP contribution in [0.2, 0.25) is 0 Å². The fraction of sp³-hybridized carbons (Fsp3) is 0.391. The van der Waals surface area contributed by atoms with Gasteiger partial charge in [-0.15, -0.1) is 0 Å². The minimum atomic E-state index is -3.41. The van der Waals surface area contributed by atoms with Crippen molar-refractivity contribution in [2.24, 2.45) is 0 Å². The van der Waals surface area contributed by atoms with E-state index in [1.165, 1.54) is 25.3 Å². The molecular weight excluding hydrogens is 435 g/mol. The van der Waals surface area contributed by atoms with Crippen LogP contribution in [0.4, 0.5) is 14.6 Å². The summed E-state index contributed by atoms with van der Waals surface area (Å²) in [5.74, 6) is -1.88. The highest BCUT2D eigenvalue weighted by atomic mass is 31.2. The molecule has 6 nitrogen and oxygen atoms in total. The first-order chi connectivity index (χ1) is 14.7. The lowest BCUT2D eigenvalue weighted by Gasteiger charge is -2.29. The Balaban J connectivity index is 2.00. The molecule has 2 N–H and O–H groups in total. The first kappa shape index (κ1) is 24.1. The largest absolute Gasteiger partial charge is 0.496 e. The molecule has 0 atom stereocenters. The SMILES string of the molecule is COc1cc2nc(C)nc(NCc3cccc(C(F)(F)C(C)(C)O)c3)c2cc1P(C)(C)=O. The third-order valence-electron chi connectivity index (χ3n) is 5.21. The normalized spacial score (nSPS) is 12.8. The molecule has 0 radical (unpaired) electrons. The topological polar surface area (TPSA) is 84.3 Å². The van der Waals surface area contributed by atoms with Gasteiger partial charge in [0, 0.05) is 23.6 Å². The minimum absolute atomic E-state index is 0.221. The molecule has 1 aromatic heterocycles. The first-order valence-electron chi connectivity index (χ1n) is 10.1. The van der Waals surface area contributed by atoms with E-state index < -0.39 is 18.7 Å². The number of rotatable bonds is 7. The highest BCUT2D eigenvalue weighted by molar-refractivity contribution is 7.70. The van der Waals surface area contributed by atoms with E-state index in [4.69, 9.17) is 4.74 Å². The quantitative estimate of drug-likeness (QED) is 0.496. The number of ether oxygens (including phenoxy) is 1. The van der Waals surface area contributed by atoms with Gasteiger partial charge in [-0.2, -0.15) is 8.78 Å². The number of benzene rings is 2. The highest BCUT2D eigenvalue weighted by Gasteiger charge is 2.46. The maximum atomic E-state index is 14.6. The number of alkyl halides is 2. The Morgan fingerprint density at radius 3 is 2.44 bits per heavy atom. The van der Waals surface area contributed by atoms with E-state index in [1.54, 1.807) is 38.5 Å². The third kappa shape index (κ3) is 4.76. The Morgan fingerprint density at radius 1 is 1.16 bits per heavy atom. The van der Waals surface area contributed by atoms with E-state index in [1.807, 2.05) is 0 Å². The van der Waals surface area contributed by atoms with Crippen molar-refractivity contribution in [3.8, 4) is 5.75 Å². The zero-order chi connectivity index (χ0) is 23.9. The molecule has 0 aliphatic heterocycles. The predicted molar refractivity (Wildman–Crippen MR) is 124 cm³/mol. The number of hydrogen-bond donors (Lipinski definition) is 2. The van der Waals surface area contributed by atoms with Crippen LogP contribution in [0.15, 0.2) is 36.4 Å². The summed E-state index contributed by atoms with van der Waals surface area (Å²) in [4.78, 5) is 8.91. The van der Waals surface area contributed by atoms with E-state index in [2.05, 4.69) is 15.3 Å². The smallest absolute Gasteiger partial charge is 0.300 e. The number of fused-ring (bicyclic) bond motifs is 1. The summed E-state index contributed by atoms with van der Waals surface area (Å²) in [6, 6.07) is 9.40. The number of methoxy groups -OCH3 is 1. The molecule has 0 unspecified atom stereocenters. The Bertz CT molecular complexity index is 1200. The third-order valence-corrected chi connectivity index (χ3v) is 6.72. The molecule has 172 valence electrons. The second kappa shape index (κ2) is 8.41. The zero-order valence-electron chi connectivity index (χ0n) is 19.0. The molecule has 0 amide bonds. The van der Waals surface area contributed by atoms with Gasteiger partial charge in [-0.3, -0.25) is 0 Å². The van der Waals surface area contributed by atoms with Crippen LogP contribution in [0.3, 0.4) is 0 Å². The second-order valence-corrected chi connectivity index (χ2v) is 11.9. The van der Waals surface area contributed by atoms with Crippen LogP contribution in [-0.4, -0.2) is 41.1 Å². The monoisotopic (exact) mass is 463 g/mol. The van der Waals surface area contributed by atoms with Crippen molar-refractivity contribution in [2.45, 2.75) is 38.8 Å². The average molecular weight is 463 g/mol. The lowest BCUT2D eigenvalue weighted by atomic mass is 9.92. The van der Waals surface area contributed by atoms with Crippen LogP contribution in [0.25, 0.3) is 10.9 Å². The first-order valence-corrected chi connectivity index (χ1v) is 12.7. The van der Waals surface area contributed by atoms with E-state index in [-0.39, 0.29) is 12.1 Å². The molecule has 0 bridgehead atoms. The number of aromatic nitrogens is 2. The van der Waals surface area contributed by atoms with Crippen molar-refractivity contribution >= 4 is 29.2 Å². The van der Waals surface area contributed by atoms with Gasteiger partial charge >= 0.3 is 5.92 Å². The molecule has 0 aliphatic rings. The van der Waals surface area contributed by atoms with Crippen molar-refractivity contribution < 1.29 is 23.2 Å². The average Bonchev–Trinajstić information content (AvgIpc) is 2.69. The molecule has 3 rings (SSSR count). The van der Waals surface area contributed by atoms with Gasteiger partial charge in [-0.25, -0.2) is 9.97 Å². The Morgan fingerprint density at radius 2 is 1.84 bits per heavy atom. The van der Waals surface area contributed by atoms with Crippen molar-refractivity contribution in [2.75, 3.05) is 25.8 Å². The molecule has 0 saturated carbocycles. The lowest BCUT2D eigenvalue weighted by Crippen LogP contribution is -2.40. The van der Waals surface area contributed by atoms with Crippen LogP contribution in [0, 0.1) is 6.92 Å². The van der Waals surface area contributed by atoms with Gasteiger partial charge in [0.05, 0.1) is 17.9 Å². The molecule has 0 fully saturated rings. The van der Waals surface area contributed by atoms with Crippen molar-refractivity contribution in [1.82, 2.24) is 9.97 Å². The molecule has 9 heteroatoms. The number of hydrogen-bond acceptors (Lipinski definition) is 6. The van der Waals surface area contributed by atoms with E-state index in [0.717, 1.165) is 13.8 Å². The predicted octanol–water partition coefficient (Wildman–Crippen LogP) is 4.67. The number of halogens is 2. The van der Waals surface area contributed by atoms with E-state index in [0.29, 0.717) is 39.2 Å². The van der Waals surface area contributed by atoms with Crippen molar-refractivity contribution in [3.05, 3.63) is 53.3 Å². The maximum Gasteiger partial charge on any atom is 0.300 e. The lowest BCUT2D eigenvalue weighted by molar-refractivity contribution is -0.168. The second-order valence-electron chi connectivity index (χ2n) is 8.70. The molecular formula is C23H28F2N3O3P. The molecule has 2 aromatic carbocycles. The number of aliphatic hydroxyl groups is 1. The van der Waals surface area contributed by atoms with Gasteiger partial charge in [0.2, 0.25) is 0 Å². The minimum Gasteiger partial charge on any atom is -0.496 e. The summed E-state index contributed by atoms with van der Waals surface area (Å²) in [5, 5.41) is 14.3. The van der Waals surface area contributed by atoms with Gasteiger partial charge in [0.25, 0.3) is 0 Å². The van der Waals surface area contributed by atoms with Gasteiger partial charge in [0.15, 0.2) is 0 Å². The molecule has 3 aromatic rings. The van der Waals surface area contributed by atoms with E-state index in [9.17, 15) is 18.5 Å². The standard InChI is InChI=1S/C23H28F2N3O3P/c1-14-27-18-12-19(31-4)20(32(5,6)30)11-17(18)21(28-14)26-13-15-8-7-9-16(10-15)23(24,25)22(2,3)29/h7-12,29H,13H2,1-6H3,(H,26,27,28). The number of anilines is 1. The Kier molecular flexibility index (Phi) is 6.33. The molecule has 0 aliphatic carbocycles. The molecule has 0 spiro atoms. The van der Waals surface area contributed by atoms with Crippen LogP contribution in [0.5, 0.6) is 5.75 Å². The summed E-state index contributed by atoms with van der Waals surface area (Å²) in [5.41, 5.74) is -1.24. The molecule has 0 saturated heterocycles. The van der Waals surface area contributed by atoms with Crippen LogP contribution < -0.4 is 15.4 Å². The van der Waals surface area contributed by atoms with Crippen molar-refractivity contribution in [3.63, 3.8) is 0 Å². The molecule has 1 heterocycles. The Hall–Kier alpha value is -2.57. The zero-order valence-corrected chi connectivity index (χ0v) is 19.9. The number of nitrogens with zero attached hydrogens (tertiary/aromatic N) is 2.